The quantitative estimate of drug-likeness (QED) is 0.874. The zero-order chi connectivity index (χ0) is 14.4. The van der Waals surface area contributed by atoms with Gasteiger partial charge in [-0.15, -0.1) is 0 Å². The second kappa shape index (κ2) is 7.17. The lowest BCUT2D eigenvalue weighted by atomic mass is 10.1. The third-order valence-corrected chi connectivity index (χ3v) is 3.36. The molecule has 0 atom stereocenters. The summed E-state index contributed by atoms with van der Waals surface area (Å²) >= 11 is 0. The van der Waals surface area contributed by atoms with Crippen LogP contribution in [-0.2, 0) is 19.6 Å². The maximum atomic E-state index is 13.5. The Bertz CT molecular complexity index is 540. The molecule has 0 saturated carbocycles. The van der Waals surface area contributed by atoms with Gasteiger partial charge in [0, 0.05) is 19.6 Å². The monoisotopic (exact) mass is 272 g/mol. The van der Waals surface area contributed by atoms with Gasteiger partial charge < -0.3 is 5.73 Å². The van der Waals surface area contributed by atoms with Crippen LogP contribution in [0.15, 0.2) is 48.5 Å². The molecule has 0 unspecified atom stereocenters. The highest BCUT2D eigenvalue weighted by molar-refractivity contribution is 5.25. The summed E-state index contributed by atoms with van der Waals surface area (Å²) in [5, 5.41) is 0. The molecule has 2 rings (SSSR count). The lowest BCUT2D eigenvalue weighted by molar-refractivity contribution is 0.271. The molecular weight excluding hydrogens is 251 g/mol. The molecule has 0 amide bonds. The zero-order valence-corrected chi connectivity index (χ0v) is 11.8. The van der Waals surface area contributed by atoms with Gasteiger partial charge in [-0.3, -0.25) is 4.90 Å². The lowest BCUT2D eigenvalue weighted by Gasteiger charge is -2.21. The number of nitrogens with zero attached hydrogens (tertiary/aromatic N) is 1. The molecule has 0 aromatic heterocycles. The van der Waals surface area contributed by atoms with E-state index >= 15 is 0 Å². The van der Waals surface area contributed by atoms with E-state index in [9.17, 15) is 4.39 Å². The first-order valence-electron chi connectivity index (χ1n) is 6.96. The van der Waals surface area contributed by atoms with Gasteiger partial charge in [-0.05, 0) is 35.4 Å². The van der Waals surface area contributed by atoms with Gasteiger partial charge in [-0.1, -0.05) is 43.3 Å². The van der Waals surface area contributed by atoms with E-state index in [1.807, 2.05) is 24.3 Å². The first-order chi connectivity index (χ1) is 9.71. The Hall–Kier alpha value is -1.71. The smallest absolute Gasteiger partial charge is 0.123 e. The fourth-order valence-corrected chi connectivity index (χ4v) is 2.31. The minimum absolute atomic E-state index is 0.210. The molecule has 0 aliphatic carbocycles. The van der Waals surface area contributed by atoms with Crippen molar-refractivity contribution in [3.63, 3.8) is 0 Å². The van der Waals surface area contributed by atoms with E-state index in [2.05, 4.69) is 24.0 Å². The SMILES string of the molecule is CCN(Cc1ccccc1)Cc1cc(F)cc(CN)c1. The Balaban J connectivity index is 2.08. The molecule has 2 aromatic rings. The van der Waals surface area contributed by atoms with E-state index in [0.717, 1.165) is 30.8 Å². The van der Waals surface area contributed by atoms with Crippen molar-refractivity contribution >= 4 is 0 Å². The number of benzene rings is 2. The average Bonchev–Trinajstić information content (AvgIpc) is 2.47. The number of rotatable bonds is 6. The highest BCUT2D eigenvalue weighted by Gasteiger charge is 2.07. The summed E-state index contributed by atoms with van der Waals surface area (Å²) in [7, 11) is 0. The highest BCUT2D eigenvalue weighted by Crippen LogP contribution is 2.13. The lowest BCUT2D eigenvalue weighted by Crippen LogP contribution is -2.22. The number of nitrogens with two attached hydrogens (primary N) is 1. The van der Waals surface area contributed by atoms with Crippen LogP contribution >= 0.6 is 0 Å². The summed E-state index contributed by atoms with van der Waals surface area (Å²) in [5.41, 5.74) is 8.68. The second-order valence-corrected chi connectivity index (χ2v) is 4.96. The van der Waals surface area contributed by atoms with E-state index in [4.69, 9.17) is 5.73 Å². The Morgan fingerprint density at radius 2 is 1.60 bits per heavy atom. The van der Waals surface area contributed by atoms with Crippen LogP contribution in [0.2, 0.25) is 0 Å². The first kappa shape index (κ1) is 14.7. The fourth-order valence-electron chi connectivity index (χ4n) is 2.31. The summed E-state index contributed by atoms with van der Waals surface area (Å²) in [6.07, 6.45) is 0. The van der Waals surface area contributed by atoms with E-state index in [0.29, 0.717) is 6.54 Å². The molecule has 0 saturated heterocycles. The van der Waals surface area contributed by atoms with Crippen molar-refractivity contribution in [2.45, 2.75) is 26.6 Å². The van der Waals surface area contributed by atoms with Crippen molar-refractivity contribution in [1.29, 1.82) is 0 Å². The predicted molar refractivity (Wildman–Crippen MR) is 80.5 cm³/mol. The van der Waals surface area contributed by atoms with E-state index in [1.54, 1.807) is 6.07 Å². The molecule has 2 aromatic carbocycles. The molecule has 2 nitrogen and oxygen atoms in total. The van der Waals surface area contributed by atoms with E-state index < -0.39 is 0 Å². The molecule has 0 heterocycles. The van der Waals surface area contributed by atoms with Gasteiger partial charge in [0.05, 0.1) is 0 Å². The summed E-state index contributed by atoms with van der Waals surface area (Å²) < 4.78 is 13.5. The third-order valence-electron chi connectivity index (χ3n) is 3.36. The summed E-state index contributed by atoms with van der Waals surface area (Å²) in [6, 6.07) is 15.4. The van der Waals surface area contributed by atoms with Crippen molar-refractivity contribution < 1.29 is 4.39 Å². The summed E-state index contributed by atoms with van der Waals surface area (Å²) in [5.74, 6) is -0.210. The molecule has 106 valence electrons. The predicted octanol–water partition coefficient (Wildman–Crippen LogP) is 3.31. The Kier molecular flexibility index (Phi) is 5.27. The Morgan fingerprint density at radius 1 is 0.950 bits per heavy atom. The zero-order valence-electron chi connectivity index (χ0n) is 11.8. The largest absolute Gasteiger partial charge is 0.326 e. The van der Waals surface area contributed by atoms with Crippen molar-refractivity contribution in [1.82, 2.24) is 4.90 Å². The molecule has 0 bridgehead atoms. The van der Waals surface area contributed by atoms with Gasteiger partial charge in [-0.25, -0.2) is 4.39 Å². The number of halogens is 1. The molecule has 20 heavy (non-hydrogen) atoms. The molecule has 3 heteroatoms. The maximum absolute atomic E-state index is 13.5. The minimum atomic E-state index is -0.210. The average molecular weight is 272 g/mol. The van der Waals surface area contributed by atoms with Gasteiger partial charge in [0.25, 0.3) is 0 Å². The Morgan fingerprint density at radius 3 is 2.25 bits per heavy atom. The molecule has 0 fully saturated rings. The summed E-state index contributed by atoms with van der Waals surface area (Å²) in [6.45, 7) is 5.01. The van der Waals surface area contributed by atoms with Gasteiger partial charge in [0.2, 0.25) is 0 Å². The van der Waals surface area contributed by atoms with Gasteiger partial charge in [-0.2, -0.15) is 0 Å². The highest BCUT2D eigenvalue weighted by atomic mass is 19.1. The molecular formula is C17H21FN2. The number of hydrogen-bond acceptors (Lipinski definition) is 2. The van der Waals surface area contributed by atoms with Crippen LogP contribution in [0, 0.1) is 5.82 Å². The van der Waals surface area contributed by atoms with E-state index in [1.165, 1.54) is 11.6 Å². The second-order valence-electron chi connectivity index (χ2n) is 4.96. The van der Waals surface area contributed by atoms with Crippen molar-refractivity contribution in [2.24, 2.45) is 5.73 Å². The standard InChI is InChI=1S/C17H21FN2/c1-2-20(12-14-6-4-3-5-7-14)13-16-8-15(11-19)9-17(18)10-16/h3-10H,2,11-13,19H2,1H3. The van der Waals surface area contributed by atoms with Crippen LogP contribution in [-0.4, -0.2) is 11.4 Å². The topological polar surface area (TPSA) is 29.3 Å². The van der Waals surface area contributed by atoms with Crippen molar-refractivity contribution in [3.8, 4) is 0 Å². The van der Waals surface area contributed by atoms with Gasteiger partial charge in [0.1, 0.15) is 5.82 Å². The van der Waals surface area contributed by atoms with Crippen LogP contribution in [0.1, 0.15) is 23.6 Å². The molecule has 0 aliphatic heterocycles. The van der Waals surface area contributed by atoms with Crippen molar-refractivity contribution in [2.75, 3.05) is 6.54 Å². The van der Waals surface area contributed by atoms with Gasteiger partial charge in [0.15, 0.2) is 0 Å². The third kappa shape index (κ3) is 4.15. The van der Waals surface area contributed by atoms with Crippen LogP contribution in [0.25, 0.3) is 0 Å². The molecule has 0 aliphatic rings. The molecule has 0 radical (unpaired) electrons. The molecule has 2 N–H and O–H groups in total. The number of hydrogen-bond donors (Lipinski definition) is 1. The normalized spacial score (nSPS) is 11.0. The van der Waals surface area contributed by atoms with E-state index in [-0.39, 0.29) is 5.82 Å². The van der Waals surface area contributed by atoms with Crippen molar-refractivity contribution in [3.05, 3.63) is 71.0 Å². The van der Waals surface area contributed by atoms with Crippen LogP contribution in [0.5, 0.6) is 0 Å². The molecule has 0 spiro atoms. The maximum Gasteiger partial charge on any atom is 0.123 e. The summed E-state index contributed by atoms with van der Waals surface area (Å²) in [4.78, 5) is 2.28. The Labute approximate surface area is 120 Å². The first-order valence-corrected chi connectivity index (χ1v) is 6.96. The minimum Gasteiger partial charge on any atom is -0.326 e. The fraction of sp³-hybridized carbons (Fsp3) is 0.294. The van der Waals surface area contributed by atoms with Crippen LogP contribution < -0.4 is 5.73 Å². The van der Waals surface area contributed by atoms with Crippen LogP contribution in [0.4, 0.5) is 4.39 Å². The van der Waals surface area contributed by atoms with Crippen LogP contribution in [0.3, 0.4) is 0 Å². The van der Waals surface area contributed by atoms with Gasteiger partial charge >= 0.3 is 0 Å².